The van der Waals surface area contributed by atoms with Gasteiger partial charge in [-0.3, -0.25) is 9.89 Å². The van der Waals surface area contributed by atoms with Crippen molar-refractivity contribution in [2.75, 3.05) is 0 Å². The van der Waals surface area contributed by atoms with Crippen molar-refractivity contribution in [2.24, 2.45) is 0 Å². The molecule has 1 unspecified atom stereocenters. The number of nitrogens with zero attached hydrogens (tertiary/aromatic N) is 1. The lowest BCUT2D eigenvalue weighted by atomic mass is 10.1. The highest BCUT2D eigenvalue weighted by Crippen LogP contribution is 2.20. The van der Waals surface area contributed by atoms with E-state index in [-0.39, 0.29) is 6.10 Å². The number of H-pyrrole nitrogens is 1. The fourth-order valence-corrected chi connectivity index (χ4v) is 1.58. The lowest BCUT2D eigenvalue weighted by molar-refractivity contribution is -0.133. The summed E-state index contributed by atoms with van der Waals surface area (Å²) in [5.41, 5.74) is 1.92. The molecule has 0 fully saturated rings. The third-order valence-electron chi connectivity index (χ3n) is 2.35. The van der Waals surface area contributed by atoms with Gasteiger partial charge in [-0.05, 0) is 11.6 Å². The van der Waals surface area contributed by atoms with Gasteiger partial charge in [-0.2, -0.15) is 5.10 Å². The lowest BCUT2D eigenvalue weighted by Crippen LogP contribution is -2.07. The van der Waals surface area contributed by atoms with E-state index in [1.54, 1.807) is 6.20 Å². The number of hydrogen-bond donors (Lipinski definition) is 1. The van der Waals surface area contributed by atoms with Crippen LogP contribution >= 0.6 is 0 Å². The number of benzene rings is 1. The van der Waals surface area contributed by atoms with Crippen molar-refractivity contribution in [3.8, 4) is 0 Å². The fraction of sp³-hybridized carbons (Fsp3) is 0.167. The minimum Gasteiger partial charge on any atom is -0.459 e. The molecule has 0 saturated heterocycles. The third-order valence-corrected chi connectivity index (χ3v) is 2.35. The molecule has 1 N–H and O–H groups in total. The van der Waals surface area contributed by atoms with Gasteiger partial charge in [0.15, 0.2) is 0 Å². The topological polar surface area (TPSA) is 55.0 Å². The second-order valence-electron chi connectivity index (χ2n) is 3.42. The highest BCUT2D eigenvalue weighted by molar-refractivity contribution is 5.39. The van der Waals surface area contributed by atoms with Crippen molar-refractivity contribution in [1.29, 1.82) is 0 Å². The van der Waals surface area contributed by atoms with E-state index >= 15 is 0 Å². The molecule has 0 bridgehead atoms. The predicted molar refractivity (Wildman–Crippen MR) is 58.6 cm³/mol. The van der Waals surface area contributed by atoms with Gasteiger partial charge >= 0.3 is 0 Å². The van der Waals surface area contributed by atoms with Gasteiger partial charge in [-0.15, -0.1) is 0 Å². The summed E-state index contributed by atoms with van der Waals surface area (Å²) in [5.74, 6) is 0. The Balaban J connectivity index is 2.14. The molecule has 0 aliphatic rings. The summed E-state index contributed by atoms with van der Waals surface area (Å²) in [7, 11) is 0. The van der Waals surface area contributed by atoms with Crippen molar-refractivity contribution in [2.45, 2.75) is 12.5 Å². The smallest absolute Gasteiger partial charge is 0.293 e. The fourth-order valence-electron chi connectivity index (χ4n) is 1.58. The molecule has 1 aromatic heterocycles. The summed E-state index contributed by atoms with van der Waals surface area (Å²) < 4.78 is 5.07. The summed E-state index contributed by atoms with van der Waals surface area (Å²) in [4.78, 5) is 10.5. The van der Waals surface area contributed by atoms with E-state index < -0.39 is 0 Å². The number of aromatic amines is 1. The molecule has 1 aromatic carbocycles. The summed E-state index contributed by atoms with van der Waals surface area (Å²) in [6.07, 6.45) is 2.01. The van der Waals surface area contributed by atoms with Crippen LogP contribution in [-0.2, 0) is 16.0 Å². The molecule has 16 heavy (non-hydrogen) atoms. The summed E-state index contributed by atoms with van der Waals surface area (Å²) in [6, 6.07) is 11.5. The van der Waals surface area contributed by atoms with E-state index in [1.165, 1.54) is 0 Å². The molecule has 1 heterocycles. The number of rotatable bonds is 5. The molecule has 4 heteroatoms. The second kappa shape index (κ2) is 5.11. The van der Waals surface area contributed by atoms with Crippen molar-refractivity contribution in [3.63, 3.8) is 0 Å². The molecule has 0 aliphatic heterocycles. The molecule has 1 atom stereocenters. The predicted octanol–water partition coefficient (Wildman–Crippen LogP) is 1.87. The van der Waals surface area contributed by atoms with Crippen molar-refractivity contribution in [3.05, 3.63) is 53.9 Å². The number of ether oxygens (including phenoxy) is 1. The molecule has 0 radical (unpaired) electrons. The van der Waals surface area contributed by atoms with Crippen molar-refractivity contribution in [1.82, 2.24) is 10.2 Å². The van der Waals surface area contributed by atoms with Crippen LogP contribution in [0, 0.1) is 0 Å². The maximum atomic E-state index is 10.5. The summed E-state index contributed by atoms with van der Waals surface area (Å²) >= 11 is 0. The first-order chi connectivity index (χ1) is 7.90. The molecular weight excluding hydrogens is 204 g/mol. The van der Waals surface area contributed by atoms with E-state index in [4.69, 9.17) is 4.74 Å². The van der Waals surface area contributed by atoms with E-state index in [2.05, 4.69) is 10.2 Å². The Labute approximate surface area is 93.3 Å². The first-order valence-corrected chi connectivity index (χ1v) is 5.02. The van der Waals surface area contributed by atoms with Crippen LogP contribution < -0.4 is 0 Å². The Hall–Kier alpha value is -2.10. The van der Waals surface area contributed by atoms with Gasteiger partial charge in [-0.25, -0.2) is 0 Å². The van der Waals surface area contributed by atoms with Crippen LogP contribution in [0.4, 0.5) is 0 Å². The molecule has 0 aliphatic carbocycles. The van der Waals surface area contributed by atoms with Crippen LogP contribution in [0.2, 0.25) is 0 Å². The van der Waals surface area contributed by atoms with Crippen LogP contribution in [0.1, 0.15) is 17.4 Å². The minimum atomic E-state index is -0.265. The van der Waals surface area contributed by atoms with Crippen LogP contribution in [0.3, 0.4) is 0 Å². The number of nitrogens with one attached hydrogen (secondary N) is 1. The van der Waals surface area contributed by atoms with Crippen LogP contribution in [0.25, 0.3) is 0 Å². The molecule has 0 saturated carbocycles. The first-order valence-electron chi connectivity index (χ1n) is 5.02. The number of carbonyl (C=O) groups is 1. The zero-order valence-electron chi connectivity index (χ0n) is 8.67. The molecule has 4 nitrogen and oxygen atoms in total. The molecule has 82 valence electrons. The number of hydrogen-bond acceptors (Lipinski definition) is 3. The zero-order valence-corrected chi connectivity index (χ0v) is 8.67. The number of aromatic nitrogens is 2. The minimum absolute atomic E-state index is 0.265. The van der Waals surface area contributed by atoms with Crippen LogP contribution in [-0.4, -0.2) is 16.7 Å². The lowest BCUT2D eigenvalue weighted by Gasteiger charge is -2.14. The SMILES string of the molecule is O=COC(Cc1ccn[nH]1)c1ccccc1. The van der Waals surface area contributed by atoms with E-state index in [1.807, 2.05) is 36.4 Å². The Morgan fingerprint density at radius 1 is 1.31 bits per heavy atom. The number of carbonyl (C=O) groups excluding carboxylic acids is 1. The second-order valence-corrected chi connectivity index (χ2v) is 3.42. The van der Waals surface area contributed by atoms with Gasteiger partial charge < -0.3 is 4.74 Å². The van der Waals surface area contributed by atoms with Gasteiger partial charge in [0.25, 0.3) is 6.47 Å². The third kappa shape index (κ3) is 2.48. The largest absolute Gasteiger partial charge is 0.459 e. The van der Waals surface area contributed by atoms with Crippen LogP contribution in [0.5, 0.6) is 0 Å². The Bertz CT molecular complexity index is 426. The van der Waals surface area contributed by atoms with Crippen LogP contribution in [0.15, 0.2) is 42.6 Å². The quantitative estimate of drug-likeness (QED) is 0.776. The van der Waals surface area contributed by atoms with E-state index in [9.17, 15) is 4.79 Å². The molecule has 2 rings (SSSR count). The van der Waals surface area contributed by atoms with Crippen molar-refractivity contribution < 1.29 is 9.53 Å². The first kappa shape index (κ1) is 10.4. The Morgan fingerprint density at radius 3 is 2.75 bits per heavy atom. The Kier molecular flexibility index (Phi) is 3.33. The van der Waals surface area contributed by atoms with Gasteiger partial charge in [-0.1, -0.05) is 30.3 Å². The Morgan fingerprint density at radius 2 is 2.12 bits per heavy atom. The van der Waals surface area contributed by atoms with E-state index in [0.717, 1.165) is 11.3 Å². The monoisotopic (exact) mass is 216 g/mol. The maximum Gasteiger partial charge on any atom is 0.293 e. The van der Waals surface area contributed by atoms with Gasteiger partial charge in [0, 0.05) is 18.3 Å². The van der Waals surface area contributed by atoms with Crippen molar-refractivity contribution >= 4 is 6.47 Å². The van der Waals surface area contributed by atoms with Gasteiger partial charge in [0.05, 0.1) is 0 Å². The van der Waals surface area contributed by atoms with Gasteiger partial charge in [0.1, 0.15) is 6.10 Å². The normalized spacial score (nSPS) is 12.0. The average Bonchev–Trinajstić information content (AvgIpc) is 2.83. The molecule has 0 amide bonds. The standard InChI is InChI=1S/C12H12N2O2/c15-9-16-12(8-11-6-7-13-14-11)10-4-2-1-3-5-10/h1-7,9,12H,8H2,(H,13,14). The maximum absolute atomic E-state index is 10.5. The average molecular weight is 216 g/mol. The highest BCUT2D eigenvalue weighted by Gasteiger charge is 2.13. The zero-order chi connectivity index (χ0) is 11.2. The molecule has 0 spiro atoms. The molecule has 2 aromatic rings. The summed E-state index contributed by atoms with van der Waals surface area (Å²) in [6.45, 7) is 0.480. The molecular formula is C12H12N2O2. The summed E-state index contributed by atoms with van der Waals surface area (Å²) in [5, 5.41) is 6.71. The van der Waals surface area contributed by atoms with E-state index in [0.29, 0.717) is 12.9 Å². The highest BCUT2D eigenvalue weighted by atomic mass is 16.5. The van der Waals surface area contributed by atoms with Gasteiger partial charge in [0.2, 0.25) is 0 Å².